The van der Waals surface area contributed by atoms with E-state index in [9.17, 15) is 4.79 Å². The topological polar surface area (TPSA) is 72.4 Å². The van der Waals surface area contributed by atoms with Crippen LogP contribution in [-0.2, 0) is 4.79 Å². The van der Waals surface area contributed by atoms with Crippen LogP contribution in [0.5, 0.6) is 0 Å². The number of carbonyl (C=O) groups excluding carboxylic acids is 1. The molecular weight excluding hydrogens is 190 g/mol. The van der Waals surface area contributed by atoms with Crippen LogP contribution < -0.4 is 11.5 Å². The molecule has 0 spiro atoms. The van der Waals surface area contributed by atoms with Crippen molar-refractivity contribution in [3.63, 3.8) is 0 Å². The molecule has 0 radical (unpaired) electrons. The van der Waals surface area contributed by atoms with Crippen molar-refractivity contribution in [3.8, 4) is 0 Å². The summed E-state index contributed by atoms with van der Waals surface area (Å²) >= 11 is 0. The largest absolute Gasteiger partial charge is 0.369 e. The van der Waals surface area contributed by atoms with Gasteiger partial charge in [0.25, 0.3) is 0 Å². The molecule has 0 aromatic carbocycles. The fraction of sp³-hybridized carbons (Fsp3) is 0.909. The molecule has 3 atom stereocenters. The number of rotatable bonds is 2. The zero-order valence-electron chi connectivity index (χ0n) is 9.19. The van der Waals surface area contributed by atoms with Gasteiger partial charge in [-0.05, 0) is 25.8 Å². The van der Waals surface area contributed by atoms with Crippen LogP contribution in [0.4, 0.5) is 0 Å². The highest BCUT2D eigenvalue weighted by Gasteiger charge is 2.34. The molecule has 0 aromatic heterocycles. The highest BCUT2D eigenvalue weighted by atomic mass is 16.1. The van der Waals surface area contributed by atoms with Crippen LogP contribution in [0.2, 0.25) is 0 Å². The molecule has 4 nitrogen and oxygen atoms in total. The summed E-state index contributed by atoms with van der Waals surface area (Å²) in [7, 11) is 0. The molecule has 0 bridgehead atoms. The smallest absolute Gasteiger partial charge is 0.221 e. The zero-order chi connectivity index (χ0) is 10.8. The fourth-order valence-corrected chi connectivity index (χ4v) is 2.91. The fourth-order valence-electron chi connectivity index (χ4n) is 2.91. The third-order valence-electron chi connectivity index (χ3n) is 3.87. The lowest BCUT2D eigenvalue weighted by Gasteiger charge is -2.35. The molecule has 1 saturated heterocycles. The minimum absolute atomic E-state index is 0.0547. The van der Waals surface area contributed by atoms with Gasteiger partial charge in [0, 0.05) is 18.6 Å². The van der Waals surface area contributed by atoms with Gasteiger partial charge in [-0.2, -0.15) is 0 Å². The first-order valence-corrected chi connectivity index (χ1v) is 5.97. The van der Waals surface area contributed by atoms with E-state index < -0.39 is 0 Å². The minimum atomic E-state index is -0.151. The molecule has 2 rings (SSSR count). The van der Waals surface area contributed by atoms with Crippen molar-refractivity contribution in [2.45, 2.75) is 44.2 Å². The molecule has 86 valence electrons. The number of carbonyl (C=O) groups is 1. The Morgan fingerprint density at radius 2 is 1.93 bits per heavy atom. The van der Waals surface area contributed by atoms with Crippen molar-refractivity contribution < 1.29 is 4.79 Å². The maximum atomic E-state index is 11.1. The predicted molar refractivity (Wildman–Crippen MR) is 59.1 cm³/mol. The van der Waals surface area contributed by atoms with E-state index in [0.717, 1.165) is 25.9 Å². The first kappa shape index (κ1) is 10.9. The van der Waals surface area contributed by atoms with E-state index in [-0.39, 0.29) is 11.8 Å². The molecule has 2 fully saturated rings. The van der Waals surface area contributed by atoms with Gasteiger partial charge in [0.1, 0.15) is 0 Å². The lowest BCUT2D eigenvalue weighted by atomic mass is 9.90. The average Bonchev–Trinajstić information content (AvgIpc) is 2.67. The van der Waals surface area contributed by atoms with Crippen LogP contribution >= 0.6 is 0 Å². The summed E-state index contributed by atoms with van der Waals surface area (Å²) in [6, 6.07) is 0.786. The third-order valence-corrected chi connectivity index (χ3v) is 3.87. The summed E-state index contributed by atoms with van der Waals surface area (Å²) in [6.07, 6.45) is 5.76. The second kappa shape index (κ2) is 4.49. The second-order valence-corrected chi connectivity index (χ2v) is 4.90. The van der Waals surface area contributed by atoms with Crippen LogP contribution in [0, 0.1) is 5.92 Å². The van der Waals surface area contributed by atoms with Crippen molar-refractivity contribution in [3.05, 3.63) is 0 Å². The van der Waals surface area contributed by atoms with E-state index in [1.807, 2.05) is 0 Å². The van der Waals surface area contributed by atoms with Crippen LogP contribution in [-0.4, -0.2) is 36.0 Å². The number of likely N-dealkylation sites (tertiary alicyclic amines) is 1. The lowest BCUT2D eigenvalue weighted by molar-refractivity contribution is -0.121. The standard InChI is InChI=1S/C11H21N3O/c12-9-3-1-2-4-10(9)14-6-5-8(7-14)11(13)15/h8-10H,1-7,12H2,(H2,13,15). The van der Waals surface area contributed by atoms with Gasteiger partial charge in [-0.3, -0.25) is 9.69 Å². The average molecular weight is 211 g/mol. The summed E-state index contributed by atoms with van der Waals surface area (Å²) in [4.78, 5) is 13.5. The normalized spacial score (nSPS) is 38.1. The molecule has 1 amide bonds. The number of hydrogen-bond acceptors (Lipinski definition) is 3. The molecule has 4 N–H and O–H groups in total. The third kappa shape index (κ3) is 2.32. The van der Waals surface area contributed by atoms with E-state index in [1.165, 1.54) is 19.3 Å². The monoisotopic (exact) mass is 211 g/mol. The zero-order valence-corrected chi connectivity index (χ0v) is 9.19. The van der Waals surface area contributed by atoms with E-state index in [0.29, 0.717) is 12.1 Å². The van der Waals surface area contributed by atoms with Crippen molar-refractivity contribution in [1.29, 1.82) is 0 Å². The molecule has 15 heavy (non-hydrogen) atoms. The number of amides is 1. The summed E-state index contributed by atoms with van der Waals surface area (Å²) in [5, 5.41) is 0. The van der Waals surface area contributed by atoms with Crippen LogP contribution in [0.25, 0.3) is 0 Å². The van der Waals surface area contributed by atoms with Gasteiger partial charge in [0.05, 0.1) is 5.92 Å². The minimum Gasteiger partial charge on any atom is -0.369 e. The van der Waals surface area contributed by atoms with Crippen LogP contribution in [0.1, 0.15) is 32.1 Å². The van der Waals surface area contributed by atoms with E-state index in [1.54, 1.807) is 0 Å². The van der Waals surface area contributed by atoms with Crippen LogP contribution in [0.3, 0.4) is 0 Å². The maximum Gasteiger partial charge on any atom is 0.221 e. The Labute approximate surface area is 91.0 Å². The van der Waals surface area contributed by atoms with Crippen LogP contribution in [0.15, 0.2) is 0 Å². The van der Waals surface area contributed by atoms with Gasteiger partial charge in [-0.1, -0.05) is 12.8 Å². The van der Waals surface area contributed by atoms with Gasteiger partial charge in [0.15, 0.2) is 0 Å². The van der Waals surface area contributed by atoms with Gasteiger partial charge in [-0.25, -0.2) is 0 Å². The molecule has 1 aliphatic heterocycles. The van der Waals surface area contributed by atoms with Gasteiger partial charge in [-0.15, -0.1) is 0 Å². The Morgan fingerprint density at radius 1 is 1.20 bits per heavy atom. The van der Waals surface area contributed by atoms with Crippen molar-refractivity contribution in [2.75, 3.05) is 13.1 Å². The number of nitrogens with two attached hydrogens (primary N) is 2. The maximum absolute atomic E-state index is 11.1. The summed E-state index contributed by atoms with van der Waals surface area (Å²) < 4.78 is 0. The first-order valence-electron chi connectivity index (χ1n) is 5.97. The number of hydrogen-bond donors (Lipinski definition) is 2. The van der Waals surface area contributed by atoms with Crippen molar-refractivity contribution >= 4 is 5.91 Å². The molecule has 1 aliphatic carbocycles. The molecule has 1 heterocycles. The van der Waals surface area contributed by atoms with Gasteiger partial charge >= 0.3 is 0 Å². The SMILES string of the molecule is NC(=O)C1CCN(C2CCCCC2N)C1. The van der Waals surface area contributed by atoms with Crippen molar-refractivity contribution in [1.82, 2.24) is 4.90 Å². The molecule has 2 aliphatic rings. The Balaban J connectivity index is 1.91. The Kier molecular flexibility index (Phi) is 3.26. The van der Waals surface area contributed by atoms with Crippen molar-refractivity contribution in [2.24, 2.45) is 17.4 Å². The molecular formula is C11H21N3O. The van der Waals surface area contributed by atoms with Gasteiger partial charge in [0.2, 0.25) is 5.91 Å². The summed E-state index contributed by atoms with van der Waals surface area (Å²) in [6.45, 7) is 1.82. The van der Waals surface area contributed by atoms with Gasteiger partial charge < -0.3 is 11.5 Å². The summed E-state index contributed by atoms with van der Waals surface area (Å²) in [5.74, 6) is -0.0963. The Bertz CT molecular complexity index is 244. The lowest BCUT2D eigenvalue weighted by Crippen LogP contribution is -2.49. The molecule has 0 aromatic rings. The predicted octanol–water partition coefficient (Wildman–Crippen LogP) is 0.0635. The molecule has 3 unspecified atom stereocenters. The van der Waals surface area contributed by atoms with E-state index in [2.05, 4.69) is 4.90 Å². The highest BCUT2D eigenvalue weighted by molar-refractivity contribution is 5.77. The molecule has 4 heteroatoms. The Hall–Kier alpha value is -0.610. The number of primary amides is 1. The quantitative estimate of drug-likeness (QED) is 0.678. The van der Waals surface area contributed by atoms with E-state index >= 15 is 0 Å². The first-order chi connectivity index (χ1) is 7.18. The molecule has 1 saturated carbocycles. The second-order valence-electron chi connectivity index (χ2n) is 4.90. The number of nitrogens with zero attached hydrogens (tertiary/aromatic N) is 1. The summed E-state index contributed by atoms with van der Waals surface area (Å²) in [5.41, 5.74) is 11.4. The highest BCUT2D eigenvalue weighted by Crippen LogP contribution is 2.26. The Morgan fingerprint density at radius 3 is 2.53 bits per heavy atom. The van der Waals surface area contributed by atoms with E-state index in [4.69, 9.17) is 11.5 Å².